The summed E-state index contributed by atoms with van der Waals surface area (Å²) in [5.74, 6) is 0.808. The lowest BCUT2D eigenvalue weighted by molar-refractivity contribution is 0.451. The van der Waals surface area contributed by atoms with E-state index in [2.05, 4.69) is 57.3 Å². The molecular weight excluding hydrogens is 206 g/mol. The van der Waals surface area contributed by atoms with Crippen molar-refractivity contribution in [1.29, 1.82) is 0 Å². The molecule has 1 aromatic carbocycles. The average molecular weight is 233 g/mol. The maximum absolute atomic E-state index is 3.59. The third-order valence-electron chi connectivity index (χ3n) is 3.26. The molecule has 0 amide bonds. The van der Waals surface area contributed by atoms with E-state index in [0.717, 1.165) is 18.9 Å². The first kappa shape index (κ1) is 14.2. The quantitative estimate of drug-likeness (QED) is 0.745. The van der Waals surface area contributed by atoms with Crippen LogP contribution in [0.1, 0.15) is 51.7 Å². The fourth-order valence-corrected chi connectivity index (χ4v) is 1.87. The molecule has 0 fully saturated rings. The van der Waals surface area contributed by atoms with E-state index in [9.17, 15) is 0 Å². The van der Waals surface area contributed by atoms with E-state index in [1.165, 1.54) is 24.0 Å². The summed E-state index contributed by atoms with van der Waals surface area (Å²) in [6, 6.07) is 9.55. The minimum atomic E-state index is 0.614. The summed E-state index contributed by atoms with van der Waals surface area (Å²) < 4.78 is 0. The lowest BCUT2D eigenvalue weighted by atomic mass is 10.0. The summed E-state index contributed by atoms with van der Waals surface area (Å²) >= 11 is 0. The van der Waals surface area contributed by atoms with Crippen LogP contribution in [0.5, 0.6) is 0 Å². The first-order valence-corrected chi connectivity index (χ1v) is 6.93. The van der Waals surface area contributed by atoms with E-state index in [4.69, 9.17) is 0 Å². The van der Waals surface area contributed by atoms with Crippen molar-refractivity contribution in [2.24, 2.45) is 5.92 Å². The molecule has 1 aromatic rings. The first-order valence-electron chi connectivity index (χ1n) is 6.93. The van der Waals surface area contributed by atoms with Crippen LogP contribution in [0.2, 0.25) is 0 Å². The molecule has 1 unspecified atom stereocenters. The van der Waals surface area contributed by atoms with Crippen molar-refractivity contribution in [1.82, 2.24) is 5.32 Å². The summed E-state index contributed by atoms with van der Waals surface area (Å²) in [5.41, 5.74) is 2.81. The van der Waals surface area contributed by atoms with Crippen LogP contribution in [0.3, 0.4) is 0 Å². The molecule has 0 saturated heterocycles. The van der Waals surface area contributed by atoms with Crippen LogP contribution in [-0.2, 0) is 13.0 Å². The second kappa shape index (κ2) is 7.50. The van der Waals surface area contributed by atoms with Crippen molar-refractivity contribution in [3.05, 3.63) is 35.4 Å². The zero-order chi connectivity index (χ0) is 12.7. The highest BCUT2D eigenvalue weighted by atomic mass is 14.9. The minimum Gasteiger partial charge on any atom is -0.310 e. The van der Waals surface area contributed by atoms with Gasteiger partial charge in [0.15, 0.2) is 0 Å². The van der Waals surface area contributed by atoms with E-state index in [-0.39, 0.29) is 0 Å². The molecule has 0 aliphatic carbocycles. The molecule has 1 heteroatoms. The van der Waals surface area contributed by atoms with Crippen molar-refractivity contribution in [2.45, 2.75) is 59.5 Å². The number of hydrogen-bond donors (Lipinski definition) is 1. The maximum Gasteiger partial charge on any atom is 0.0207 e. The van der Waals surface area contributed by atoms with Crippen LogP contribution in [0.4, 0.5) is 0 Å². The van der Waals surface area contributed by atoms with Gasteiger partial charge in [-0.25, -0.2) is 0 Å². The molecule has 0 aliphatic rings. The molecule has 1 atom stereocenters. The summed E-state index contributed by atoms with van der Waals surface area (Å²) in [6.07, 6.45) is 3.70. The predicted octanol–water partition coefficient (Wildman–Crippen LogP) is 4.16. The summed E-state index contributed by atoms with van der Waals surface area (Å²) in [6.45, 7) is 10.0. The van der Waals surface area contributed by atoms with Crippen LogP contribution >= 0.6 is 0 Å². The normalized spacial score (nSPS) is 13.0. The van der Waals surface area contributed by atoms with Gasteiger partial charge in [-0.1, -0.05) is 45.0 Å². The molecule has 96 valence electrons. The van der Waals surface area contributed by atoms with Gasteiger partial charge in [-0.3, -0.25) is 0 Å². The summed E-state index contributed by atoms with van der Waals surface area (Å²) in [5, 5.41) is 3.59. The van der Waals surface area contributed by atoms with E-state index < -0.39 is 0 Å². The molecule has 0 bridgehead atoms. The van der Waals surface area contributed by atoms with Crippen LogP contribution in [0.25, 0.3) is 0 Å². The summed E-state index contributed by atoms with van der Waals surface area (Å²) in [4.78, 5) is 0. The van der Waals surface area contributed by atoms with Gasteiger partial charge in [0.25, 0.3) is 0 Å². The third-order valence-corrected chi connectivity index (χ3v) is 3.26. The molecule has 0 aliphatic heterocycles. The van der Waals surface area contributed by atoms with Crippen LogP contribution in [0, 0.1) is 5.92 Å². The molecule has 0 heterocycles. The SMILES string of the molecule is CCc1ccc(CNC(C)CCC(C)C)cc1. The van der Waals surface area contributed by atoms with Crippen molar-refractivity contribution in [3.63, 3.8) is 0 Å². The fraction of sp³-hybridized carbons (Fsp3) is 0.625. The van der Waals surface area contributed by atoms with Gasteiger partial charge in [-0.05, 0) is 43.2 Å². The maximum atomic E-state index is 3.59. The number of benzene rings is 1. The molecule has 1 rings (SSSR count). The number of hydrogen-bond acceptors (Lipinski definition) is 1. The Morgan fingerprint density at radius 3 is 2.06 bits per heavy atom. The molecule has 1 N–H and O–H groups in total. The molecule has 1 nitrogen and oxygen atoms in total. The number of rotatable bonds is 7. The molecule has 0 saturated carbocycles. The molecule has 0 spiro atoms. The van der Waals surface area contributed by atoms with Gasteiger partial charge >= 0.3 is 0 Å². The van der Waals surface area contributed by atoms with Gasteiger partial charge in [-0.15, -0.1) is 0 Å². The second-order valence-corrected chi connectivity index (χ2v) is 5.42. The van der Waals surface area contributed by atoms with Gasteiger partial charge < -0.3 is 5.32 Å². The monoisotopic (exact) mass is 233 g/mol. The van der Waals surface area contributed by atoms with Crippen molar-refractivity contribution in [2.75, 3.05) is 0 Å². The highest BCUT2D eigenvalue weighted by Gasteiger charge is 2.03. The number of aryl methyl sites for hydroxylation is 1. The minimum absolute atomic E-state index is 0.614. The third kappa shape index (κ3) is 5.88. The Hall–Kier alpha value is -0.820. The Morgan fingerprint density at radius 1 is 0.941 bits per heavy atom. The Balaban J connectivity index is 2.29. The first-order chi connectivity index (χ1) is 8.11. The van der Waals surface area contributed by atoms with Crippen molar-refractivity contribution < 1.29 is 0 Å². The van der Waals surface area contributed by atoms with Crippen LogP contribution in [0.15, 0.2) is 24.3 Å². The highest BCUT2D eigenvalue weighted by molar-refractivity contribution is 5.22. The van der Waals surface area contributed by atoms with E-state index in [0.29, 0.717) is 6.04 Å². The Morgan fingerprint density at radius 2 is 1.53 bits per heavy atom. The van der Waals surface area contributed by atoms with Crippen LogP contribution < -0.4 is 5.32 Å². The standard InChI is InChI=1S/C16H27N/c1-5-15-8-10-16(11-9-15)12-17-14(4)7-6-13(2)3/h8-11,13-14,17H,5-7,12H2,1-4H3. The Kier molecular flexibility index (Phi) is 6.28. The second-order valence-electron chi connectivity index (χ2n) is 5.42. The predicted molar refractivity (Wildman–Crippen MR) is 76.2 cm³/mol. The van der Waals surface area contributed by atoms with Gasteiger partial charge in [0.1, 0.15) is 0 Å². The van der Waals surface area contributed by atoms with E-state index in [1.54, 1.807) is 0 Å². The van der Waals surface area contributed by atoms with Gasteiger partial charge in [0, 0.05) is 12.6 Å². The lowest BCUT2D eigenvalue weighted by Gasteiger charge is -2.15. The Bertz CT molecular complexity index is 300. The topological polar surface area (TPSA) is 12.0 Å². The Labute approximate surface area is 107 Å². The fourth-order valence-electron chi connectivity index (χ4n) is 1.87. The number of nitrogens with one attached hydrogen (secondary N) is 1. The molecular formula is C16H27N. The van der Waals surface area contributed by atoms with Gasteiger partial charge in [0.2, 0.25) is 0 Å². The summed E-state index contributed by atoms with van der Waals surface area (Å²) in [7, 11) is 0. The highest BCUT2D eigenvalue weighted by Crippen LogP contribution is 2.08. The van der Waals surface area contributed by atoms with Gasteiger partial charge in [-0.2, -0.15) is 0 Å². The lowest BCUT2D eigenvalue weighted by Crippen LogP contribution is -2.25. The zero-order valence-electron chi connectivity index (χ0n) is 11.8. The molecule has 0 radical (unpaired) electrons. The van der Waals surface area contributed by atoms with Crippen molar-refractivity contribution >= 4 is 0 Å². The van der Waals surface area contributed by atoms with E-state index >= 15 is 0 Å². The van der Waals surface area contributed by atoms with E-state index in [1.807, 2.05) is 0 Å². The largest absolute Gasteiger partial charge is 0.310 e. The average Bonchev–Trinajstić information content (AvgIpc) is 2.34. The molecule has 0 aromatic heterocycles. The zero-order valence-corrected chi connectivity index (χ0v) is 11.8. The smallest absolute Gasteiger partial charge is 0.0207 e. The van der Waals surface area contributed by atoms with Crippen molar-refractivity contribution in [3.8, 4) is 0 Å². The van der Waals surface area contributed by atoms with Crippen LogP contribution in [-0.4, -0.2) is 6.04 Å². The molecule has 17 heavy (non-hydrogen) atoms. The van der Waals surface area contributed by atoms with Gasteiger partial charge in [0.05, 0.1) is 0 Å².